The molecule has 0 spiro atoms. The Morgan fingerprint density at radius 2 is 2.38 bits per heavy atom. The molecule has 0 bridgehead atoms. The molecule has 1 aromatic rings. The summed E-state index contributed by atoms with van der Waals surface area (Å²) < 4.78 is 0. The van der Waals surface area contributed by atoms with Gasteiger partial charge in [-0.25, -0.2) is 0 Å². The van der Waals surface area contributed by atoms with E-state index in [-0.39, 0.29) is 5.91 Å². The fourth-order valence-corrected chi connectivity index (χ4v) is 2.87. The fourth-order valence-electron chi connectivity index (χ4n) is 1.96. The van der Waals surface area contributed by atoms with E-state index >= 15 is 0 Å². The van der Waals surface area contributed by atoms with E-state index in [1.165, 1.54) is 4.88 Å². The number of carbonyl (C=O) groups is 1. The molecule has 1 aromatic heterocycles. The van der Waals surface area contributed by atoms with E-state index in [0.29, 0.717) is 19.5 Å². The van der Waals surface area contributed by atoms with Gasteiger partial charge in [-0.1, -0.05) is 6.92 Å². The number of rotatable bonds is 2. The van der Waals surface area contributed by atoms with Gasteiger partial charge in [0.15, 0.2) is 0 Å². The number of nitrogens with zero attached hydrogens (tertiary/aromatic N) is 1. The zero-order chi connectivity index (χ0) is 11.8. The van der Waals surface area contributed by atoms with Crippen molar-refractivity contribution in [2.45, 2.75) is 32.3 Å². The van der Waals surface area contributed by atoms with Crippen molar-refractivity contribution in [2.75, 3.05) is 13.1 Å². The molecule has 0 radical (unpaired) electrons. The maximum Gasteiger partial charge on any atom is 0.264 e. The number of carbonyl (C=O) groups excluding carboxylic acids is 1. The third-order valence-corrected chi connectivity index (χ3v) is 4.18. The first-order valence-electron chi connectivity index (χ1n) is 5.62. The molecule has 1 atom stereocenters. The monoisotopic (exact) mass is 239 g/mol. The van der Waals surface area contributed by atoms with Gasteiger partial charge < -0.3 is 10.0 Å². The molecule has 0 saturated carbocycles. The van der Waals surface area contributed by atoms with Gasteiger partial charge in [0.25, 0.3) is 5.91 Å². The lowest BCUT2D eigenvalue weighted by atomic mass is 10.1. The topological polar surface area (TPSA) is 40.5 Å². The maximum absolute atomic E-state index is 12.1. The van der Waals surface area contributed by atoms with Crippen LogP contribution in [0.3, 0.4) is 0 Å². The number of hydrogen-bond donors (Lipinski definition) is 1. The highest BCUT2D eigenvalue weighted by atomic mass is 32.1. The van der Waals surface area contributed by atoms with Crippen molar-refractivity contribution in [3.05, 3.63) is 21.9 Å². The van der Waals surface area contributed by atoms with E-state index in [2.05, 4.69) is 6.92 Å². The second-order valence-corrected chi connectivity index (χ2v) is 5.76. The van der Waals surface area contributed by atoms with Crippen LogP contribution in [0.2, 0.25) is 0 Å². The first-order valence-corrected chi connectivity index (χ1v) is 6.44. The number of β-amino-alcohol motifs (C(OH)–C–C–N with tert-alkyl or cyclic N) is 1. The molecule has 16 heavy (non-hydrogen) atoms. The van der Waals surface area contributed by atoms with Gasteiger partial charge in [0.05, 0.1) is 10.5 Å². The Hall–Kier alpha value is -0.870. The van der Waals surface area contributed by atoms with Crippen LogP contribution < -0.4 is 0 Å². The summed E-state index contributed by atoms with van der Waals surface area (Å²) in [6.45, 7) is 4.98. The summed E-state index contributed by atoms with van der Waals surface area (Å²) in [6, 6.07) is 3.89. The lowest BCUT2D eigenvalue weighted by molar-refractivity contribution is 0.0575. The molecule has 1 fully saturated rings. The molecule has 0 aromatic carbocycles. The average molecular weight is 239 g/mol. The van der Waals surface area contributed by atoms with E-state index < -0.39 is 5.60 Å². The van der Waals surface area contributed by atoms with Crippen molar-refractivity contribution < 1.29 is 9.90 Å². The van der Waals surface area contributed by atoms with Gasteiger partial charge in [0.2, 0.25) is 0 Å². The highest BCUT2D eigenvalue weighted by Gasteiger charge is 2.34. The van der Waals surface area contributed by atoms with E-state index in [4.69, 9.17) is 0 Å². The van der Waals surface area contributed by atoms with E-state index in [1.807, 2.05) is 12.1 Å². The van der Waals surface area contributed by atoms with Crippen LogP contribution in [0.1, 0.15) is 34.8 Å². The number of likely N-dealkylation sites (tertiary alicyclic amines) is 1. The number of aliphatic hydroxyl groups is 1. The summed E-state index contributed by atoms with van der Waals surface area (Å²) in [5.74, 6) is 0.0578. The smallest absolute Gasteiger partial charge is 0.264 e. The lowest BCUT2D eigenvalue weighted by Gasteiger charge is -2.18. The quantitative estimate of drug-likeness (QED) is 0.856. The van der Waals surface area contributed by atoms with Crippen LogP contribution in [0.25, 0.3) is 0 Å². The van der Waals surface area contributed by atoms with Crippen molar-refractivity contribution in [3.8, 4) is 0 Å². The van der Waals surface area contributed by atoms with Crippen molar-refractivity contribution >= 4 is 17.2 Å². The van der Waals surface area contributed by atoms with Gasteiger partial charge in [0, 0.05) is 18.0 Å². The van der Waals surface area contributed by atoms with Crippen LogP contribution in [0.15, 0.2) is 12.1 Å². The Balaban J connectivity index is 2.08. The summed E-state index contributed by atoms with van der Waals surface area (Å²) in [5, 5.41) is 9.82. The largest absolute Gasteiger partial charge is 0.388 e. The first kappa shape index (κ1) is 11.6. The van der Waals surface area contributed by atoms with Gasteiger partial charge in [-0.2, -0.15) is 0 Å². The van der Waals surface area contributed by atoms with Crippen LogP contribution in [0, 0.1) is 0 Å². The summed E-state index contributed by atoms with van der Waals surface area (Å²) in [4.78, 5) is 15.8. The molecule has 1 unspecified atom stereocenters. The molecule has 1 saturated heterocycles. The Labute approximate surface area is 99.7 Å². The van der Waals surface area contributed by atoms with Gasteiger partial charge in [-0.3, -0.25) is 4.79 Å². The van der Waals surface area contributed by atoms with Crippen LogP contribution in [0.5, 0.6) is 0 Å². The molecule has 2 rings (SSSR count). The van der Waals surface area contributed by atoms with Crippen LogP contribution in [-0.4, -0.2) is 34.6 Å². The van der Waals surface area contributed by atoms with Crippen molar-refractivity contribution in [2.24, 2.45) is 0 Å². The summed E-state index contributed by atoms with van der Waals surface area (Å²) in [6.07, 6.45) is 1.64. The molecule has 1 aliphatic heterocycles. The maximum atomic E-state index is 12.1. The summed E-state index contributed by atoms with van der Waals surface area (Å²) in [5.41, 5.74) is -0.708. The van der Waals surface area contributed by atoms with Gasteiger partial charge in [-0.05, 0) is 31.9 Å². The summed E-state index contributed by atoms with van der Waals surface area (Å²) >= 11 is 1.56. The Kier molecular flexibility index (Phi) is 3.04. The molecule has 1 aliphatic rings. The molecule has 2 heterocycles. The Morgan fingerprint density at radius 3 is 2.88 bits per heavy atom. The molecule has 1 N–H and O–H groups in total. The number of amides is 1. The number of aryl methyl sites for hydroxylation is 1. The average Bonchev–Trinajstić information content (AvgIpc) is 2.83. The summed E-state index contributed by atoms with van der Waals surface area (Å²) in [7, 11) is 0. The zero-order valence-corrected chi connectivity index (χ0v) is 10.5. The van der Waals surface area contributed by atoms with Crippen LogP contribution in [0.4, 0.5) is 0 Å². The highest BCUT2D eigenvalue weighted by molar-refractivity contribution is 7.14. The predicted octanol–water partition coefficient (Wildman–Crippen LogP) is 1.91. The van der Waals surface area contributed by atoms with Gasteiger partial charge in [0.1, 0.15) is 0 Å². The zero-order valence-electron chi connectivity index (χ0n) is 9.69. The lowest BCUT2D eigenvalue weighted by Crippen LogP contribution is -2.33. The minimum atomic E-state index is -0.708. The minimum Gasteiger partial charge on any atom is -0.388 e. The molecule has 1 amide bonds. The molecule has 4 heteroatoms. The van der Waals surface area contributed by atoms with Gasteiger partial charge in [-0.15, -0.1) is 11.3 Å². The SMILES string of the molecule is CCc1ccc(C(=O)N2CCC(C)(O)C2)s1. The third kappa shape index (κ3) is 2.28. The van der Waals surface area contributed by atoms with Crippen molar-refractivity contribution in [1.29, 1.82) is 0 Å². The van der Waals surface area contributed by atoms with Crippen molar-refractivity contribution in [3.63, 3.8) is 0 Å². The molecule has 0 aliphatic carbocycles. The first-order chi connectivity index (χ1) is 7.52. The second-order valence-electron chi connectivity index (χ2n) is 4.59. The van der Waals surface area contributed by atoms with Crippen LogP contribution in [-0.2, 0) is 6.42 Å². The second kappa shape index (κ2) is 4.18. The normalized spacial score (nSPS) is 25.1. The van der Waals surface area contributed by atoms with Gasteiger partial charge >= 0.3 is 0 Å². The van der Waals surface area contributed by atoms with Crippen LogP contribution >= 0.6 is 11.3 Å². The Bertz CT molecular complexity index is 397. The van der Waals surface area contributed by atoms with Crippen molar-refractivity contribution in [1.82, 2.24) is 4.90 Å². The van der Waals surface area contributed by atoms with E-state index in [0.717, 1.165) is 11.3 Å². The Morgan fingerprint density at radius 1 is 1.62 bits per heavy atom. The predicted molar refractivity (Wildman–Crippen MR) is 64.8 cm³/mol. The molecular weight excluding hydrogens is 222 g/mol. The number of hydrogen-bond acceptors (Lipinski definition) is 3. The molecular formula is C12H17NO2S. The molecule has 3 nitrogen and oxygen atoms in total. The highest BCUT2D eigenvalue weighted by Crippen LogP contribution is 2.25. The standard InChI is InChI=1S/C12H17NO2S/c1-3-9-4-5-10(16-9)11(14)13-7-6-12(2,15)8-13/h4-5,15H,3,6-8H2,1-2H3. The molecule has 88 valence electrons. The number of thiophene rings is 1. The minimum absolute atomic E-state index is 0.0578. The van der Waals surface area contributed by atoms with E-state index in [9.17, 15) is 9.90 Å². The third-order valence-electron chi connectivity index (χ3n) is 2.96. The fraction of sp³-hybridized carbons (Fsp3) is 0.583. The van der Waals surface area contributed by atoms with E-state index in [1.54, 1.807) is 23.2 Å².